The Kier molecular flexibility index (Phi) is 9.54. The molecule has 0 aliphatic heterocycles. The molecule has 1 aliphatic carbocycles. The number of hydrogen-bond donors (Lipinski definition) is 0. The lowest BCUT2D eigenvalue weighted by atomic mass is 9.85. The van der Waals surface area contributed by atoms with Crippen molar-refractivity contribution in [1.82, 2.24) is 0 Å². The predicted octanol–water partition coefficient (Wildman–Crippen LogP) is 3.65. The van der Waals surface area contributed by atoms with Crippen LogP contribution in [0.5, 0.6) is 0 Å². The molecule has 1 aliphatic rings. The largest absolute Gasteiger partial charge is 0.468 e. The normalized spacial score (nSPS) is 17.0. The van der Waals surface area contributed by atoms with E-state index in [4.69, 9.17) is 9.47 Å². The first-order valence-corrected chi connectivity index (χ1v) is 9.83. The van der Waals surface area contributed by atoms with Gasteiger partial charge in [-0.3, -0.25) is 4.79 Å². The number of rotatable bonds is 6. The van der Waals surface area contributed by atoms with Crippen LogP contribution in [0.15, 0.2) is 21.6 Å². The second-order valence-electron chi connectivity index (χ2n) is 5.74. The molecule has 0 N–H and O–H groups in total. The third kappa shape index (κ3) is 5.37. The second-order valence-corrected chi connectivity index (χ2v) is 6.56. The maximum Gasteiger partial charge on any atom is 0.350 e. The van der Waals surface area contributed by atoms with E-state index in [1.165, 1.54) is 18.9 Å². The van der Waals surface area contributed by atoms with E-state index >= 15 is 0 Å². The Morgan fingerprint density at radius 1 is 1.19 bits per heavy atom. The summed E-state index contributed by atoms with van der Waals surface area (Å²) >= 11 is 1.27. The molecule has 0 aromatic carbocycles. The fourth-order valence-electron chi connectivity index (χ4n) is 3.02. The van der Waals surface area contributed by atoms with Gasteiger partial charge in [-0.1, -0.05) is 12.8 Å². The van der Waals surface area contributed by atoms with Crippen LogP contribution in [0.1, 0.15) is 45.4 Å². The Labute approximate surface area is 158 Å². The predicted molar refractivity (Wildman–Crippen MR) is 98.6 cm³/mol. The van der Waals surface area contributed by atoms with Crippen LogP contribution >= 0.6 is 11.8 Å². The van der Waals surface area contributed by atoms with Crippen molar-refractivity contribution in [1.29, 1.82) is 10.5 Å². The number of thioether (sulfide) groups is 1. The van der Waals surface area contributed by atoms with Gasteiger partial charge in [0.1, 0.15) is 6.07 Å². The van der Waals surface area contributed by atoms with Gasteiger partial charge in [0.05, 0.1) is 19.8 Å². The first kappa shape index (κ1) is 21.8. The molecule has 0 saturated carbocycles. The van der Waals surface area contributed by atoms with Gasteiger partial charge in [-0.15, -0.1) is 11.8 Å². The van der Waals surface area contributed by atoms with Crippen molar-refractivity contribution in [2.75, 3.05) is 20.0 Å². The summed E-state index contributed by atoms with van der Waals surface area (Å²) in [4.78, 5) is 24.8. The Morgan fingerprint density at radius 3 is 2.35 bits per heavy atom. The molecule has 7 heteroatoms. The number of hydrogen-bond acceptors (Lipinski definition) is 7. The lowest BCUT2D eigenvalue weighted by Crippen LogP contribution is -2.20. The molecule has 0 bridgehead atoms. The van der Waals surface area contributed by atoms with Gasteiger partial charge in [0.25, 0.3) is 0 Å². The van der Waals surface area contributed by atoms with Crippen LogP contribution in [0.25, 0.3) is 0 Å². The number of carbonyl (C=O) groups is 2. The summed E-state index contributed by atoms with van der Waals surface area (Å²) in [6, 6.07) is 3.97. The maximum atomic E-state index is 12.2. The number of esters is 2. The second kappa shape index (κ2) is 11.4. The van der Waals surface area contributed by atoms with E-state index in [1.54, 1.807) is 13.2 Å². The molecule has 0 aromatic heterocycles. The third-order valence-electron chi connectivity index (χ3n) is 4.22. The number of nitriles is 2. The monoisotopic (exact) mass is 376 g/mol. The van der Waals surface area contributed by atoms with E-state index in [9.17, 15) is 20.1 Å². The van der Waals surface area contributed by atoms with Gasteiger partial charge in [-0.25, -0.2) is 4.79 Å². The van der Waals surface area contributed by atoms with Crippen molar-refractivity contribution in [3.05, 3.63) is 21.6 Å². The van der Waals surface area contributed by atoms with E-state index in [0.29, 0.717) is 23.3 Å². The fourth-order valence-corrected chi connectivity index (χ4v) is 3.83. The van der Waals surface area contributed by atoms with Gasteiger partial charge in [-0.05, 0) is 50.0 Å². The van der Waals surface area contributed by atoms with Gasteiger partial charge < -0.3 is 9.47 Å². The van der Waals surface area contributed by atoms with E-state index in [0.717, 1.165) is 31.3 Å². The molecular formula is C19H24N2O4S. The first-order chi connectivity index (χ1) is 12.5. The third-order valence-corrected chi connectivity index (χ3v) is 5.08. The van der Waals surface area contributed by atoms with Crippen molar-refractivity contribution < 1.29 is 19.1 Å². The zero-order valence-corrected chi connectivity index (χ0v) is 16.3. The summed E-state index contributed by atoms with van der Waals surface area (Å²) in [6.07, 6.45) is 6.68. The van der Waals surface area contributed by atoms with Crippen molar-refractivity contribution in [3.63, 3.8) is 0 Å². The van der Waals surface area contributed by atoms with Crippen molar-refractivity contribution >= 4 is 23.7 Å². The summed E-state index contributed by atoms with van der Waals surface area (Å²) in [7, 11) is 1.25. The molecule has 0 heterocycles. The van der Waals surface area contributed by atoms with Crippen LogP contribution in [0.2, 0.25) is 0 Å². The highest BCUT2D eigenvalue weighted by Crippen LogP contribution is 2.38. The molecule has 0 amide bonds. The average molecular weight is 376 g/mol. The highest BCUT2D eigenvalue weighted by Gasteiger charge is 2.30. The molecule has 0 aromatic rings. The molecule has 140 valence electrons. The van der Waals surface area contributed by atoms with Crippen LogP contribution in [0, 0.1) is 28.6 Å². The molecule has 1 atom stereocenters. The Balaban J connectivity index is 3.63. The maximum absolute atomic E-state index is 12.2. The quantitative estimate of drug-likeness (QED) is 0.396. The highest BCUT2D eigenvalue weighted by atomic mass is 32.2. The van der Waals surface area contributed by atoms with Crippen molar-refractivity contribution in [2.24, 2.45) is 5.92 Å². The van der Waals surface area contributed by atoms with Gasteiger partial charge in [-0.2, -0.15) is 10.5 Å². The van der Waals surface area contributed by atoms with Crippen LogP contribution < -0.4 is 0 Å². The minimum absolute atomic E-state index is 0.0750. The van der Waals surface area contributed by atoms with Gasteiger partial charge in [0, 0.05) is 4.91 Å². The molecular weight excluding hydrogens is 352 g/mol. The summed E-state index contributed by atoms with van der Waals surface area (Å²) in [5.41, 5.74) is 1.31. The molecule has 1 rings (SSSR count). The Hall–Kier alpha value is -2.25. The number of methoxy groups -OCH3 is 1. The molecule has 0 saturated heterocycles. The minimum atomic E-state index is -1.03. The number of allylic oxidation sites excluding steroid dienone is 1. The smallest absolute Gasteiger partial charge is 0.350 e. The van der Waals surface area contributed by atoms with Gasteiger partial charge >= 0.3 is 11.9 Å². The molecule has 0 radical (unpaired) electrons. The topological polar surface area (TPSA) is 100 Å². The van der Waals surface area contributed by atoms with Gasteiger partial charge in [0.15, 0.2) is 11.5 Å². The standard InChI is InChI=1S/C19H24N2O4S/c1-4-25-19(23)16(12-21)17(26-3)14-10-8-6-5-7-9-13(14)15(11-20)18(22)24-2/h15H,4-10H2,1-3H3. The molecule has 26 heavy (non-hydrogen) atoms. The van der Waals surface area contributed by atoms with Crippen LogP contribution in [-0.2, 0) is 19.1 Å². The van der Waals surface area contributed by atoms with E-state index < -0.39 is 17.9 Å². The fraction of sp³-hybridized carbons (Fsp3) is 0.579. The molecule has 0 fully saturated rings. The summed E-state index contributed by atoms with van der Waals surface area (Å²) in [6.45, 7) is 1.84. The van der Waals surface area contributed by atoms with Crippen molar-refractivity contribution in [3.8, 4) is 12.1 Å². The molecule has 0 spiro atoms. The zero-order valence-electron chi connectivity index (χ0n) is 15.5. The average Bonchev–Trinajstić information content (AvgIpc) is 2.62. The van der Waals surface area contributed by atoms with E-state index in [-0.39, 0.29) is 12.2 Å². The summed E-state index contributed by atoms with van der Waals surface area (Å²) < 4.78 is 9.79. The Morgan fingerprint density at radius 2 is 1.85 bits per heavy atom. The van der Waals surface area contributed by atoms with Crippen LogP contribution in [0.3, 0.4) is 0 Å². The summed E-state index contributed by atoms with van der Waals surface area (Å²) in [5, 5.41) is 19.1. The molecule has 1 unspecified atom stereocenters. The van der Waals surface area contributed by atoms with Gasteiger partial charge in [0.2, 0.25) is 0 Å². The summed E-state index contributed by atoms with van der Waals surface area (Å²) in [5.74, 6) is -2.33. The number of carbonyl (C=O) groups excluding carboxylic acids is 2. The van der Waals surface area contributed by atoms with Crippen molar-refractivity contribution in [2.45, 2.75) is 45.4 Å². The van der Waals surface area contributed by atoms with E-state index in [1.807, 2.05) is 12.1 Å². The highest BCUT2D eigenvalue weighted by molar-refractivity contribution is 8.02. The Bertz CT molecular complexity index is 683. The first-order valence-electron chi connectivity index (χ1n) is 8.60. The number of ether oxygens (including phenoxy) is 2. The minimum Gasteiger partial charge on any atom is -0.468 e. The molecule has 6 nitrogen and oxygen atoms in total. The lowest BCUT2D eigenvalue weighted by Gasteiger charge is -2.22. The number of nitrogens with zero attached hydrogens (tertiary/aromatic N) is 2. The van der Waals surface area contributed by atoms with Crippen LogP contribution in [0.4, 0.5) is 0 Å². The SMILES string of the molecule is CCOC(=O)C(C#N)=C(SC)C1=C(C(C#N)C(=O)OC)CCCCCC1. The zero-order chi connectivity index (χ0) is 19.5. The van der Waals surface area contributed by atoms with Crippen LogP contribution in [-0.4, -0.2) is 31.9 Å². The lowest BCUT2D eigenvalue weighted by molar-refractivity contribution is -0.142. The van der Waals surface area contributed by atoms with E-state index in [2.05, 4.69) is 0 Å².